The zero-order chi connectivity index (χ0) is 24.0. The molecule has 0 unspecified atom stereocenters. The molecule has 178 valence electrons. The smallest absolute Gasteiger partial charge is 0.233 e. The quantitative estimate of drug-likeness (QED) is 0.460. The molecule has 3 aromatic heterocycles. The summed E-state index contributed by atoms with van der Waals surface area (Å²) in [5.74, 6) is 1.78. The molecule has 0 bridgehead atoms. The van der Waals surface area contributed by atoms with Crippen molar-refractivity contribution in [3.05, 3.63) is 53.0 Å². The number of hydrogen-bond donors (Lipinski definition) is 2. The molecule has 1 fully saturated rings. The molecule has 1 aromatic carbocycles. The first kappa shape index (κ1) is 22.6. The second-order valence-electron chi connectivity index (χ2n) is 9.93. The fraction of sp³-hybridized carbons (Fsp3) is 0.444. The number of nitrogens with one attached hydrogen (secondary N) is 2. The van der Waals surface area contributed by atoms with Crippen molar-refractivity contribution in [3.63, 3.8) is 0 Å². The van der Waals surface area contributed by atoms with Gasteiger partial charge in [0.25, 0.3) is 0 Å². The number of likely N-dealkylation sites (N-methyl/N-ethyl adjacent to an activating group) is 1. The molecular formula is C27H34N6O. The van der Waals surface area contributed by atoms with Crippen LogP contribution >= 0.6 is 0 Å². The molecule has 7 heteroatoms. The van der Waals surface area contributed by atoms with Crippen molar-refractivity contribution in [2.75, 3.05) is 26.7 Å². The Kier molecular flexibility index (Phi) is 5.90. The predicted octanol–water partition coefficient (Wildman–Crippen LogP) is 4.54. The zero-order valence-corrected chi connectivity index (χ0v) is 20.8. The lowest BCUT2D eigenvalue weighted by Gasteiger charge is -2.31. The number of fused-ring (bicyclic) bond motifs is 2. The van der Waals surface area contributed by atoms with Gasteiger partial charge in [0.1, 0.15) is 5.82 Å². The van der Waals surface area contributed by atoms with E-state index in [0.717, 1.165) is 37.4 Å². The third-order valence-corrected chi connectivity index (χ3v) is 7.20. The lowest BCUT2D eigenvalue weighted by atomic mass is 9.87. The highest BCUT2D eigenvalue weighted by molar-refractivity contribution is 5.92. The van der Waals surface area contributed by atoms with E-state index < -0.39 is 0 Å². The molecule has 1 amide bonds. The van der Waals surface area contributed by atoms with Crippen LogP contribution in [0.4, 0.5) is 0 Å². The van der Waals surface area contributed by atoms with Gasteiger partial charge in [-0.2, -0.15) is 5.10 Å². The maximum atomic E-state index is 11.7. The molecule has 1 aliphatic rings. The summed E-state index contributed by atoms with van der Waals surface area (Å²) in [4.78, 5) is 22.2. The number of aromatic amines is 1. The Morgan fingerprint density at radius 3 is 2.68 bits per heavy atom. The molecule has 0 aliphatic carbocycles. The van der Waals surface area contributed by atoms with Gasteiger partial charge in [-0.15, -0.1) is 0 Å². The van der Waals surface area contributed by atoms with Crippen molar-refractivity contribution in [2.45, 2.75) is 52.4 Å². The molecule has 0 atom stereocenters. The zero-order valence-electron chi connectivity index (χ0n) is 20.8. The Bertz CT molecular complexity index is 1360. The number of piperidine rings is 1. The van der Waals surface area contributed by atoms with Crippen LogP contribution in [0.15, 0.2) is 30.5 Å². The second-order valence-corrected chi connectivity index (χ2v) is 9.93. The normalized spacial score (nSPS) is 15.6. The number of H-pyrrole nitrogens is 1. The van der Waals surface area contributed by atoms with Crippen LogP contribution in [-0.2, 0) is 4.79 Å². The van der Waals surface area contributed by atoms with Gasteiger partial charge in [0.15, 0.2) is 5.65 Å². The van der Waals surface area contributed by atoms with E-state index in [-0.39, 0.29) is 5.91 Å². The van der Waals surface area contributed by atoms with Gasteiger partial charge in [-0.1, -0.05) is 19.9 Å². The van der Waals surface area contributed by atoms with Crippen molar-refractivity contribution in [3.8, 4) is 11.3 Å². The van der Waals surface area contributed by atoms with Crippen LogP contribution in [-0.4, -0.2) is 57.1 Å². The van der Waals surface area contributed by atoms with Crippen LogP contribution in [0.1, 0.15) is 61.0 Å². The van der Waals surface area contributed by atoms with Gasteiger partial charge < -0.3 is 10.3 Å². The largest absolute Gasteiger partial charge is 0.358 e. The van der Waals surface area contributed by atoms with Gasteiger partial charge in [0.2, 0.25) is 5.91 Å². The summed E-state index contributed by atoms with van der Waals surface area (Å²) in [7, 11) is 1.70. The van der Waals surface area contributed by atoms with Crippen molar-refractivity contribution in [1.82, 2.24) is 29.8 Å². The van der Waals surface area contributed by atoms with Crippen LogP contribution in [0.3, 0.4) is 0 Å². The Labute approximate surface area is 200 Å². The van der Waals surface area contributed by atoms with E-state index in [9.17, 15) is 4.79 Å². The number of carbonyl (C=O) groups excluding carboxylic acids is 1. The molecule has 0 spiro atoms. The van der Waals surface area contributed by atoms with E-state index >= 15 is 0 Å². The van der Waals surface area contributed by atoms with Crippen LogP contribution < -0.4 is 5.32 Å². The fourth-order valence-corrected chi connectivity index (χ4v) is 5.40. The Morgan fingerprint density at radius 1 is 1.21 bits per heavy atom. The summed E-state index contributed by atoms with van der Waals surface area (Å²) < 4.78 is 1.88. The maximum absolute atomic E-state index is 11.7. The Morgan fingerprint density at radius 2 is 1.97 bits per heavy atom. The van der Waals surface area contributed by atoms with E-state index in [2.05, 4.69) is 76.5 Å². The second kappa shape index (κ2) is 8.87. The highest BCUT2D eigenvalue weighted by Gasteiger charge is 2.24. The predicted molar refractivity (Wildman–Crippen MR) is 136 cm³/mol. The molecule has 4 heterocycles. The third kappa shape index (κ3) is 4.09. The average molecular weight is 459 g/mol. The third-order valence-electron chi connectivity index (χ3n) is 7.20. The van der Waals surface area contributed by atoms with E-state index in [1.807, 2.05) is 11.4 Å². The van der Waals surface area contributed by atoms with Gasteiger partial charge in [-0.3, -0.25) is 9.69 Å². The number of hydrogen-bond acceptors (Lipinski definition) is 4. The minimum Gasteiger partial charge on any atom is -0.358 e. The molecule has 0 radical (unpaired) electrons. The maximum Gasteiger partial charge on any atom is 0.233 e. The lowest BCUT2D eigenvalue weighted by Crippen LogP contribution is -2.40. The highest BCUT2D eigenvalue weighted by atomic mass is 16.1. The van der Waals surface area contributed by atoms with Gasteiger partial charge >= 0.3 is 0 Å². The molecule has 0 saturated carbocycles. The number of carbonyl (C=O) groups is 1. The van der Waals surface area contributed by atoms with Crippen molar-refractivity contribution in [1.29, 1.82) is 0 Å². The number of amides is 1. The summed E-state index contributed by atoms with van der Waals surface area (Å²) in [6.45, 7) is 11.0. The van der Waals surface area contributed by atoms with Crippen LogP contribution in [0, 0.1) is 13.8 Å². The number of pyridine rings is 1. The van der Waals surface area contributed by atoms with Crippen molar-refractivity contribution in [2.24, 2.45) is 0 Å². The minimum atomic E-state index is 0.0934. The number of aromatic nitrogens is 4. The molecular weight excluding hydrogens is 424 g/mol. The van der Waals surface area contributed by atoms with Gasteiger partial charge in [0.05, 0.1) is 12.2 Å². The number of benzene rings is 1. The molecule has 2 N–H and O–H groups in total. The molecule has 4 aromatic rings. The van der Waals surface area contributed by atoms with Crippen molar-refractivity contribution >= 4 is 22.5 Å². The minimum absolute atomic E-state index is 0.0934. The molecule has 7 nitrogen and oxygen atoms in total. The summed E-state index contributed by atoms with van der Waals surface area (Å²) in [5, 5.41) is 8.58. The van der Waals surface area contributed by atoms with E-state index in [4.69, 9.17) is 0 Å². The van der Waals surface area contributed by atoms with Gasteiger partial charge in [0, 0.05) is 29.7 Å². The summed E-state index contributed by atoms with van der Waals surface area (Å²) in [6.07, 6.45) is 4.26. The van der Waals surface area contributed by atoms with Crippen LogP contribution in [0.25, 0.3) is 27.8 Å². The summed E-state index contributed by atoms with van der Waals surface area (Å²) in [6, 6.07) is 9.03. The highest BCUT2D eigenvalue weighted by Crippen LogP contribution is 2.39. The summed E-state index contributed by atoms with van der Waals surface area (Å²) in [5.41, 5.74) is 8.35. The van der Waals surface area contributed by atoms with Crippen molar-refractivity contribution < 1.29 is 4.79 Å². The fourth-order valence-electron chi connectivity index (χ4n) is 5.40. The number of rotatable bonds is 5. The number of aryl methyl sites for hydroxylation is 2. The topological polar surface area (TPSA) is 78.3 Å². The number of likely N-dealkylation sites (tertiary alicyclic amines) is 1. The standard InChI is InChI=1S/C27H34N6O/c1-16(2)26-21-13-20(19-8-10-32(11-9-19)15-25(34)28-5)6-7-23(21)30-27(26)22-14-33-24(12-17(22)3)29-18(4)31-33/h6-7,12-14,16,19,30H,8-11,15H2,1-5H3,(H,28,34). The monoisotopic (exact) mass is 458 g/mol. The molecule has 5 rings (SSSR count). The van der Waals surface area contributed by atoms with Crippen LogP contribution in [0.5, 0.6) is 0 Å². The Hall–Kier alpha value is -3.19. The number of nitrogens with zero attached hydrogens (tertiary/aromatic N) is 4. The first-order valence-corrected chi connectivity index (χ1v) is 12.3. The van der Waals surface area contributed by atoms with E-state index in [1.165, 1.54) is 38.9 Å². The van der Waals surface area contributed by atoms with E-state index in [1.54, 1.807) is 7.05 Å². The lowest BCUT2D eigenvalue weighted by molar-refractivity contribution is -0.122. The van der Waals surface area contributed by atoms with Crippen LogP contribution in [0.2, 0.25) is 0 Å². The van der Waals surface area contributed by atoms with Gasteiger partial charge in [-0.25, -0.2) is 9.50 Å². The molecule has 1 saturated heterocycles. The molecule has 1 aliphatic heterocycles. The van der Waals surface area contributed by atoms with E-state index in [0.29, 0.717) is 18.4 Å². The SMILES string of the molecule is CNC(=O)CN1CCC(c2ccc3[nH]c(-c4cn5nc(C)nc5cc4C)c(C(C)C)c3c2)CC1. The summed E-state index contributed by atoms with van der Waals surface area (Å²) >= 11 is 0. The molecule has 34 heavy (non-hydrogen) atoms. The average Bonchev–Trinajstić information content (AvgIpc) is 3.37. The van der Waals surface area contributed by atoms with Gasteiger partial charge in [-0.05, 0) is 86.5 Å². The first-order chi connectivity index (χ1) is 16.3. The Balaban J connectivity index is 1.50. The first-order valence-electron chi connectivity index (χ1n) is 12.3.